The number of carbonyl (C=O) groups is 2. The molecule has 2 saturated heterocycles. The molecule has 5 nitrogen and oxygen atoms in total. The van der Waals surface area contributed by atoms with Crippen molar-refractivity contribution in [1.29, 1.82) is 0 Å². The Morgan fingerprint density at radius 1 is 1.05 bits per heavy atom. The number of likely N-dealkylation sites (tertiary alicyclic amines) is 1. The van der Waals surface area contributed by atoms with Gasteiger partial charge in [-0.25, -0.2) is 0 Å². The van der Waals surface area contributed by atoms with Crippen LogP contribution >= 0.6 is 0 Å². The molecule has 0 N–H and O–H groups in total. The minimum atomic E-state index is -0.111. The van der Waals surface area contributed by atoms with Gasteiger partial charge >= 0.3 is 0 Å². The van der Waals surface area contributed by atoms with Crippen molar-refractivity contribution < 1.29 is 14.3 Å². The van der Waals surface area contributed by atoms with Gasteiger partial charge in [0.15, 0.2) is 5.78 Å². The van der Waals surface area contributed by atoms with Gasteiger partial charge in [-0.3, -0.25) is 14.5 Å². The van der Waals surface area contributed by atoms with Crippen LogP contribution in [0.25, 0.3) is 0 Å². The maximum Gasteiger partial charge on any atom is 0.202 e. The Hall–Kier alpha value is -1.46. The first-order valence-electron chi connectivity index (χ1n) is 7.33. The fourth-order valence-electron chi connectivity index (χ4n) is 3.02. The summed E-state index contributed by atoms with van der Waals surface area (Å²) in [7, 11) is 0. The Morgan fingerprint density at radius 2 is 1.85 bits per heavy atom. The molecule has 5 heteroatoms. The van der Waals surface area contributed by atoms with Gasteiger partial charge in [0, 0.05) is 25.7 Å². The summed E-state index contributed by atoms with van der Waals surface area (Å²) in [6.07, 6.45) is 7.89. The fourth-order valence-corrected chi connectivity index (χ4v) is 3.02. The summed E-state index contributed by atoms with van der Waals surface area (Å²) in [5.74, 6) is -0.190. The average Bonchev–Trinajstić information content (AvgIpc) is 2.51. The average molecular weight is 276 g/mol. The highest BCUT2D eigenvalue weighted by Gasteiger charge is 2.30. The molecule has 0 amide bonds. The van der Waals surface area contributed by atoms with E-state index in [9.17, 15) is 9.59 Å². The molecule has 0 aromatic heterocycles. The number of ketones is 2. The molecule has 0 aromatic carbocycles. The van der Waals surface area contributed by atoms with Crippen LogP contribution in [0.1, 0.15) is 19.3 Å². The Kier molecular flexibility index (Phi) is 3.98. The van der Waals surface area contributed by atoms with Crippen molar-refractivity contribution in [2.24, 2.45) is 0 Å². The molecule has 1 atom stereocenters. The van der Waals surface area contributed by atoms with E-state index < -0.39 is 0 Å². The molecule has 2 aliphatic heterocycles. The third kappa shape index (κ3) is 2.83. The number of morpholine rings is 1. The van der Waals surface area contributed by atoms with E-state index in [1.165, 1.54) is 37.5 Å². The molecular formula is C15H20N2O3. The first-order chi connectivity index (χ1) is 9.74. The summed E-state index contributed by atoms with van der Waals surface area (Å²) in [4.78, 5) is 27.7. The Morgan fingerprint density at radius 3 is 2.65 bits per heavy atom. The number of hydrogen-bond donors (Lipinski definition) is 0. The predicted molar refractivity (Wildman–Crippen MR) is 74.0 cm³/mol. The van der Waals surface area contributed by atoms with Crippen molar-refractivity contribution in [3.05, 3.63) is 23.9 Å². The minimum Gasteiger partial charge on any atom is -0.362 e. The Bertz CT molecular complexity index is 464. The van der Waals surface area contributed by atoms with Gasteiger partial charge in [-0.15, -0.1) is 0 Å². The third-order valence-electron chi connectivity index (χ3n) is 4.12. The van der Waals surface area contributed by atoms with Crippen molar-refractivity contribution in [2.75, 3.05) is 32.8 Å². The third-order valence-corrected chi connectivity index (χ3v) is 4.12. The highest BCUT2D eigenvalue weighted by Crippen LogP contribution is 2.20. The number of carbonyl (C=O) groups excluding carboxylic acids is 2. The van der Waals surface area contributed by atoms with Crippen LogP contribution in [0.4, 0.5) is 0 Å². The van der Waals surface area contributed by atoms with Crippen LogP contribution in [0, 0.1) is 0 Å². The number of ether oxygens (including phenoxy) is 1. The van der Waals surface area contributed by atoms with E-state index in [0.717, 1.165) is 13.1 Å². The van der Waals surface area contributed by atoms with Crippen LogP contribution < -0.4 is 0 Å². The van der Waals surface area contributed by atoms with Crippen molar-refractivity contribution >= 4 is 11.6 Å². The molecule has 0 spiro atoms. The number of hydrogen-bond acceptors (Lipinski definition) is 5. The van der Waals surface area contributed by atoms with Crippen molar-refractivity contribution in [2.45, 2.75) is 25.5 Å². The number of rotatable bonds is 2. The fraction of sp³-hybridized carbons (Fsp3) is 0.600. The molecule has 108 valence electrons. The second kappa shape index (κ2) is 5.89. The normalized spacial score (nSPS) is 28.7. The van der Waals surface area contributed by atoms with Crippen LogP contribution in [0.15, 0.2) is 23.9 Å². The first-order valence-corrected chi connectivity index (χ1v) is 7.33. The molecule has 0 saturated carbocycles. The van der Waals surface area contributed by atoms with Gasteiger partial charge in [-0.1, -0.05) is 6.42 Å². The lowest BCUT2D eigenvalue weighted by Crippen LogP contribution is -2.52. The van der Waals surface area contributed by atoms with Gasteiger partial charge in [-0.2, -0.15) is 0 Å². The number of piperidine rings is 1. The first kappa shape index (κ1) is 13.5. The van der Waals surface area contributed by atoms with Gasteiger partial charge < -0.3 is 9.64 Å². The standard InChI is InChI=1S/C15H20N2O3/c18-12-4-5-14(19)13(10-12)17-8-9-20-15(11-17)16-6-2-1-3-7-16/h4-5,10,15H,1-3,6-9,11H2. The lowest BCUT2D eigenvalue weighted by Gasteiger charge is -2.41. The van der Waals surface area contributed by atoms with Crippen LogP contribution in [0.3, 0.4) is 0 Å². The highest BCUT2D eigenvalue weighted by molar-refractivity contribution is 6.16. The van der Waals surface area contributed by atoms with E-state index in [4.69, 9.17) is 4.74 Å². The van der Waals surface area contributed by atoms with Crippen LogP contribution in [-0.2, 0) is 14.3 Å². The van der Waals surface area contributed by atoms with Gasteiger partial charge in [0.2, 0.25) is 5.78 Å². The summed E-state index contributed by atoms with van der Waals surface area (Å²) < 4.78 is 5.84. The van der Waals surface area contributed by atoms with Crippen molar-refractivity contribution in [3.8, 4) is 0 Å². The minimum absolute atomic E-state index is 0.0405. The summed E-state index contributed by atoms with van der Waals surface area (Å²) in [6, 6.07) is 0. The van der Waals surface area contributed by atoms with Crippen LogP contribution in [-0.4, -0.2) is 60.4 Å². The largest absolute Gasteiger partial charge is 0.362 e. The zero-order chi connectivity index (χ0) is 13.9. The Labute approximate surface area is 118 Å². The lowest BCUT2D eigenvalue weighted by molar-refractivity contribution is -0.123. The molecule has 20 heavy (non-hydrogen) atoms. The lowest BCUT2D eigenvalue weighted by atomic mass is 10.1. The van der Waals surface area contributed by atoms with E-state index >= 15 is 0 Å². The molecule has 1 aliphatic carbocycles. The van der Waals surface area contributed by atoms with E-state index in [0.29, 0.717) is 25.4 Å². The van der Waals surface area contributed by atoms with E-state index in [2.05, 4.69) is 4.90 Å². The monoisotopic (exact) mass is 276 g/mol. The van der Waals surface area contributed by atoms with Gasteiger partial charge in [0.05, 0.1) is 18.8 Å². The highest BCUT2D eigenvalue weighted by atomic mass is 16.5. The summed E-state index contributed by atoms with van der Waals surface area (Å²) in [5, 5.41) is 0. The van der Waals surface area contributed by atoms with Crippen LogP contribution in [0.5, 0.6) is 0 Å². The molecule has 0 radical (unpaired) electrons. The summed E-state index contributed by atoms with van der Waals surface area (Å²) >= 11 is 0. The smallest absolute Gasteiger partial charge is 0.202 e. The van der Waals surface area contributed by atoms with E-state index in [-0.39, 0.29) is 17.8 Å². The topological polar surface area (TPSA) is 49.9 Å². The quantitative estimate of drug-likeness (QED) is 0.696. The van der Waals surface area contributed by atoms with E-state index in [1.54, 1.807) is 0 Å². The maximum absolute atomic E-state index is 11.9. The zero-order valence-corrected chi connectivity index (χ0v) is 11.6. The van der Waals surface area contributed by atoms with Gasteiger partial charge in [0.25, 0.3) is 0 Å². The second-order valence-electron chi connectivity index (χ2n) is 5.50. The van der Waals surface area contributed by atoms with Crippen molar-refractivity contribution in [3.63, 3.8) is 0 Å². The molecule has 2 fully saturated rings. The molecule has 0 bridgehead atoms. The molecule has 2 heterocycles. The van der Waals surface area contributed by atoms with E-state index in [1.807, 2.05) is 4.90 Å². The maximum atomic E-state index is 11.9. The van der Waals surface area contributed by atoms with Gasteiger partial charge in [0.1, 0.15) is 6.23 Å². The second-order valence-corrected chi connectivity index (χ2v) is 5.50. The van der Waals surface area contributed by atoms with Gasteiger partial charge in [-0.05, 0) is 25.0 Å². The Balaban J connectivity index is 1.68. The molecular weight excluding hydrogens is 256 g/mol. The molecule has 1 unspecified atom stereocenters. The predicted octanol–water partition coefficient (Wildman–Crippen LogP) is 0.722. The summed E-state index contributed by atoms with van der Waals surface area (Å²) in [5.41, 5.74) is 0.516. The van der Waals surface area contributed by atoms with Crippen LogP contribution in [0.2, 0.25) is 0 Å². The number of nitrogens with zero attached hydrogens (tertiary/aromatic N) is 2. The molecule has 3 aliphatic rings. The molecule has 3 rings (SSSR count). The number of allylic oxidation sites excluding steroid dienone is 3. The summed E-state index contributed by atoms with van der Waals surface area (Å²) in [6.45, 7) is 4.06. The zero-order valence-electron chi connectivity index (χ0n) is 11.6. The molecule has 0 aromatic rings. The SMILES string of the molecule is O=C1C=CC(=O)C(N2CCOC(N3CCCCC3)C2)=C1. The van der Waals surface area contributed by atoms with Crippen molar-refractivity contribution in [1.82, 2.24) is 9.80 Å².